The average molecular weight is 425 g/mol. The largest absolute Gasteiger partial charge is 0.449 e. The van der Waals surface area contributed by atoms with Gasteiger partial charge in [-0.15, -0.1) is 0 Å². The summed E-state index contributed by atoms with van der Waals surface area (Å²) in [7, 11) is -3.62. The van der Waals surface area contributed by atoms with Crippen molar-refractivity contribution in [2.45, 2.75) is 56.1 Å². The van der Waals surface area contributed by atoms with Crippen LogP contribution in [0.2, 0.25) is 0 Å². The van der Waals surface area contributed by atoms with Gasteiger partial charge in [0.1, 0.15) is 0 Å². The highest BCUT2D eigenvalue weighted by Crippen LogP contribution is 2.19. The summed E-state index contributed by atoms with van der Waals surface area (Å²) in [5, 5.41) is 2.93. The molecule has 9 heteroatoms. The number of carbonyl (C=O) groups is 2. The van der Waals surface area contributed by atoms with Crippen molar-refractivity contribution >= 4 is 21.9 Å². The molecule has 0 aromatic heterocycles. The Kier molecular flexibility index (Phi) is 7.26. The van der Waals surface area contributed by atoms with Crippen LogP contribution in [0.15, 0.2) is 29.2 Å². The fourth-order valence-corrected chi connectivity index (χ4v) is 4.95. The molecule has 1 heterocycles. The smallest absolute Gasteiger partial charge is 0.338 e. The predicted octanol–water partition coefficient (Wildman–Crippen LogP) is 1.70. The summed E-state index contributed by atoms with van der Waals surface area (Å²) in [6.07, 6.45) is 4.36. The van der Waals surface area contributed by atoms with E-state index in [9.17, 15) is 18.0 Å². The molecular weight excluding hydrogens is 396 g/mol. The molecule has 2 fully saturated rings. The Morgan fingerprint density at radius 3 is 2.34 bits per heavy atom. The second-order valence-corrected chi connectivity index (χ2v) is 9.37. The first-order chi connectivity index (χ1) is 13.9. The number of nitrogens with zero attached hydrogens (tertiary/aromatic N) is 1. The second-order valence-electron chi connectivity index (χ2n) is 7.43. The summed E-state index contributed by atoms with van der Waals surface area (Å²) in [5.74, 6) is -0.969. The second kappa shape index (κ2) is 9.69. The molecule has 1 aliphatic heterocycles. The van der Waals surface area contributed by atoms with Gasteiger partial charge < -0.3 is 14.8 Å². The topological polar surface area (TPSA) is 102 Å². The van der Waals surface area contributed by atoms with Crippen molar-refractivity contribution < 1.29 is 27.5 Å². The molecule has 2 aliphatic rings. The summed E-state index contributed by atoms with van der Waals surface area (Å²) in [4.78, 5) is 24.7. The van der Waals surface area contributed by atoms with Crippen molar-refractivity contribution in [3.63, 3.8) is 0 Å². The van der Waals surface area contributed by atoms with Crippen molar-refractivity contribution in [2.75, 3.05) is 26.3 Å². The zero-order valence-electron chi connectivity index (χ0n) is 16.6. The minimum absolute atomic E-state index is 0.110. The minimum atomic E-state index is -3.62. The average Bonchev–Trinajstić information content (AvgIpc) is 2.75. The van der Waals surface area contributed by atoms with E-state index in [2.05, 4.69) is 5.32 Å². The normalized spacial score (nSPS) is 20.0. The van der Waals surface area contributed by atoms with Crippen LogP contribution in [0, 0.1) is 0 Å². The van der Waals surface area contributed by atoms with E-state index in [-0.39, 0.29) is 22.4 Å². The number of hydrogen-bond acceptors (Lipinski definition) is 6. The Morgan fingerprint density at radius 2 is 1.72 bits per heavy atom. The maximum absolute atomic E-state index is 12.6. The van der Waals surface area contributed by atoms with Crippen LogP contribution >= 0.6 is 0 Å². The van der Waals surface area contributed by atoms with Crippen LogP contribution in [0.25, 0.3) is 0 Å². The molecule has 0 spiro atoms. The van der Waals surface area contributed by atoms with Gasteiger partial charge in [-0.1, -0.05) is 19.3 Å². The van der Waals surface area contributed by atoms with Crippen molar-refractivity contribution in [1.29, 1.82) is 0 Å². The first kappa shape index (κ1) is 21.7. The molecule has 1 saturated heterocycles. The lowest BCUT2D eigenvalue weighted by Crippen LogP contribution is -2.42. The van der Waals surface area contributed by atoms with Crippen LogP contribution in [0.1, 0.15) is 49.4 Å². The van der Waals surface area contributed by atoms with Crippen LogP contribution in [0.5, 0.6) is 0 Å². The maximum atomic E-state index is 12.6. The Balaban J connectivity index is 1.57. The number of carbonyl (C=O) groups excluding carboxylic acids is 2. The summed E-state index contributed by atoms with van der Waals surface area (Å²) in [5.41, 5.74) is 0.197. The van der Waals surface area contributed by atoms with Gasteiger partial charge in [-0.2, -0.15) is 4.31 Å². The first-order valence-corrected chi connectivity index (χ1v) is 11.5. The van der Waals surface area contributed by atoms with E-state index in [0.717, 1.165) is 25.7 Å². The van der Waals surface area contributed by atoms with Crippen molar-refractivity contribution in [3.05, 3.63) is 29.8 Å². The number of rotatable bonds is 6. The molecule has 29 heavy (non-hydrogen) atoms. The molecule has 8 nitrogen and oxygen atoms in total. The standard InChI is InChI=1S/C20H28N2O6S/c1-15(19(23)21-17-5-3-2-4-6-17)28-20(24)16-7-9-18(10-8-16)29(25,26)22-11-13-27-14-12-22/h7-10,15,17H,2-6,11-14H2,1H3,(H,21,23)/t15-/m1/s1. The van der Waals surface area contributed by atoms with E-state index in [4.69, 9.17) is 9.47 Å². The molecule has 1 amide bonds. The molecule has 1 aromatic rings. The Morgan fingerprint density at radius 1 is 1.10 bits per heavy atom. The predicted molar refractivity (Wildman–Crippen MR) is 106 cm³/mol. The highest BCUT2D eigenvalue weighted by Gasteiger charge is 2.27. The molecule has 1 aromatic carbocycles. The monoisotopic (exact) mass is 424 g/mol. The lowest BCUT2D eigenvalue weighted by atomic mass is 9.95. The number of morpholine rings is 1. The SMILES string of the molecule is C[C@@H](OC(=O)c1ccc(S(=O)(=O)N2CCOCC2)cc1)C(=O)NC1CCCCC1. The number of ether oxygens (including phenoxy) is 2. The van der Waals surface area contributed by atoms with Gasteiger partial charge >= 0.3 is 5.97 Å². The molecule has 1 aliphatic carbocycles. The number of hydrogen-bond donors (Lipinski definition) is 1. The molecule has 0 unspecified atom stereocenters. The van der Waals surface area contributed by atoms with Gasteiger partial charge in [-0.3, -0.25) is 4.79 Å². The van der Waals surface area contributed by atoms with E-state index in [1.54, 1.807) is 0 Å². The third-order valence-corrected chi connectivity index (χ3v) is 7.22. The van der Waals surface area contributed by atoms with Crippen molar-refractivity contribution in [1.82, 2.24) is 9.62 Å². The molecular formula is C20H28N2O6S. The van der Waals surface area contributed by atoms with Crippen LogP contribution < -0.4 is 5.32 Å². The molecule has 1 N–H and O–H groups in total. The van der Waals surface area contributed by atoms with E-state index in [1.807, 2.05) is 0 Å². The molecule has 0 radical (unpaired) electrons. The molecule has 0 bridgehead atoms. The quantitative estimate of drug-likeness (QED) is 0.698. The fourth-order valence-electron chi connectivity index (χ4n) is 3.55. The Hall–Kier alpha value is -1.97. The summed E-state index contributed by atoms with van der Waals surface area (Å²) < 4.78 is 37.1. The molecule has 3 rings (SSSR count). The zero-order valence-corrected chi connectivity index (χ0v) is 17.4. The fraction of sp³-hybridized carbons (Fsp3) is 0.600. The number of benzene rings is 1. The van der Waals surface area contributed by atoms with Crippen LogP contribution in [0.3, 0.4) is 0 Å². The number of sulfonamides is 1. The van der Waals surface area contributed by atoms with E-state index >= 15 is 0 Å². The minimum Gasteiger partial charge on any atom is -0.449 e. The summed E-state index contributed by atoms with van der Waals surface area (Å²) >= 11 is 0. The zero-order chi connectivity index (χ0) is 20.9. The Labute approximate surface area is 171 Å². The van der Waals surface area contributed by atoms with E-state index < -0.39 is 22.1 Å². The van der Waals surface area contributed by atoms with E-state index in [1.165, 1.54) is 41.9 Å². The third-order valence-electron chi connectivity index (χ3n) is 5.30. The van der Waals surface area contributed by atoms with E-state index in [0.29, 0.717) is 26.3 Å². The van der Waals surface area contributed by atoms with Gasteiger partial charge in [0.2, 0.25) is 10.0 Å². The molecule has 1 atom stereocenters. The van der Waals surface area contributed by atoms with Crippen LogP contribution in [0.4, 0.5) is 0 Å². The van der Waals surface area contributed by atoms with Crippen LogP contribution in [-0.4, -0.2) is 63.0 Å². The lowest BCUT2D eigenvalue weighted by Gasteiger charge is -2.26. The Bertz CT molecular complexity index is 812. The molecule has 1 saturated carbocycles. The van der Waals surface area contributed by atoms with Gasteiger partial charge in [-0.25, -0.2) is 13.2 Å². The maximum Gasteiger partial charge on any atom is 0.338 e. The van der Waals surface area contributed by atoms with Gasteiger partial charge in [0.05, 0.1) is 23.7 Å². The van der Waals surface area contributed by atoms with Gasteiger partial charge in [0.15, 0.2) is 6.10 Å². The van der Waals surface area contributed by atoms with Crippen molar-refractivity contribution in [2.24, 2.45) is 0 Å². The lowest BCUT2D eigenvalue weighted by molar-refractivity contribution is -0.130. The number of nitrogens with one attached hydrogen (secondary N) is 1. The summed E-state index contributed by atoms with van der Waals surface area (Å²) in [6.45, 7) is 2.88. The first-order valence-electron chi connectivity index (χ1n) is 10.1. The third kappa shape index (κ3) is 5.55. The van der Waals surface area contributed by atoms with Gasteiger partial charge in [0, 0.05) is 19.1 Å². The van der Waals surface area contributed by atoms with Gasteiger partial charge in [0.25, 0.3) is 5.91 Å². The highest BCUT2D eigenvalue weighted by atomic mass is 32.2. The van der Waals surface area contributed by atoms with Crippen molar-refractivity contribution in [3.8, 4) is 0 Å². The van der Waals surface area contributed by atoms with Crippen LogP contribution in [-0.2, 0) is 24.3 Å². The summed E-state index contributed by atoms with van der Waals surface area (Å²) in [6, 6.07) is 5.72. The molecule has 160 valence electrons. The highest BCUT2D eigenvalue weighted by molar-refractivity contribution is 7.89. The van der Waals surface area contributed by atoms with Gasteiger partial charge in [-0.05, 0) is 44.0 Å². The number of amides is 1. The number of esters is 1.